The molecular weight excluding hydrogens is 282 g/mol. The summed E-state index contributed by atoms with van der Waals surface area (Å²) in [5, 5.41) is 12.9. The lowest BCUT2D eigenvalue weighted by atomic mass is 10.1. The van der Waals surface area contributed by atoms with Crippen LogP contribution in [-0.4, -0.2) is 24.8 Å². The highest BCUT2D eigenvalue weighted by Crippen LogP contribution is 2.22. The summed E-state index contributed by atoms with van der Waals surface area (Å²) in [6.45, 7) is 1.91. The third-order valence-corrected chi connectivity index (χ3v) is 4.85. The van der Waals surface area contributed by atoms with Crippen LogP contribution in [0.5, 0.6) is 0 Å². The predicted octanol–water partition coefficient (Wildman–Crippen LogP) is 2.13. The Morgan fingerprint density at radius 1 is 1.32 bits per heavy atom. The van der Waals surface area contributed by atoms with Crippen LogP contribution in [0.15, 0.2) is 34.5 Å². The minimum absolute atomic E-state index is 0.258. The van der Waals surface area contributed by atoms with Gasteiger partial charge in [-0.1, -0.05) is 12.1 Å². The van der Waals surface area contributed by atoms with E-state index in [-0.39, 0.29) is 4.90 Å². The maximum atomic E-state index is 11.3. The number of nitrogens with zero attached hydrogens (tertiary/aromatic N) is 1. The van der Waals surface area contributed by atoms with Gasteiger partial charge in [0.2, 0.25) is 0 Å². The van der Waals surface area contributed by atoms with Crippen LogP contribution in [0.4, 0.5) is 0 Å². The second-order valence-corrected chi connectivity index (χ2v) is 7.40. The highest BCUT2D eigenvalue weighted by atomic mass is 32.2. The Kier molecular flexibility index (Phi) is 4.03. The third-order valence-electron chi connectivity index (χ3n) is 2.73. The molecule has 0 radical (unpaired) electrons. The predicted molar refractivity (Wildman–Crippen MR) is 75.1 cm³/mol. The molecule has 0 aliphatic carbocycles. The SMILES string of the molecule is Cc1csc(CC(O)c2ccc(S(C)(=O)=O)cc2)n1. The van der Waals surface area contributed by atoms with Gasteiger partial charge in [0, 0.05) is 23.8 Å². The van der Waals surface area contributed by atoms with Crippen LogP contribution in [-0.2, 0) is 16.3 Å². The molecule has 0 aliphatic heterocycles. The van der Waals surface area contributed by atoms with Gasteiger partial charge in [-0.25, -0.2) is 13.4 Å². The number of aliphatic hydroxyl groups excluding tert-OH is 1. The standard InChI is InChI=1S/C13H15NO3S2/c1-9-8-18-13(14-9)7-12(15)10-3-5-11(6-4-10)19(2,16)17/h3-6,8,12,15H,7H2,1-2H3. The zero-order valence-electron chi connectivity index (χ0n) is 10.7. The first-order valence-corrected chi connectivity index (χ1v) is 8.52. The number of sulfone groups is 1. The van der Waals surface area contributed by atoms with Gasteiger partial charge in [-0.3, -0.25) is 0 Å². The lowest BCUT2D eigenvalue weighted by molar-refractivity contribution is 0.178. The van der Waals surface area contributed by atoms with E-state index in [1.54, 1.807) is 12.1 Å². The molecule has 19 heavy (non-hydrogen) atoms. The molecule has 2 rings (SSSR count). The van der Waals surface area contributed by atoms with Crippen molar-refractivity contribution in [3.63, 3.8) is 0 Å². The van der Waals surface area contributed by atoms with Gasteiger partial charge in [0.15, 0.2) is 9.84 Å². The number of rotatable bonds is 4. The average molecular weight is 297 g/mol. The van der Waals surface area contributed by atoms with E-state index in [0.29, 0.717) is 12.0 Å². The largest absolute Gasteiger partial charge is 0.388 e. The first kappa shape index (κ1) is 14.2. The van der Waals surface area contributed by atoms with Gasteiger partial charge < -0.3 is 5.11 Å². The van der Waals surface area contributed by atoms with Crippen LogP contribution in [0.25, 0.3) is 0 Å². The summed E-state index contributed by atoms with van der Waals surface area (Å²) in [4.78, 5) is 4.55. The second kappa shape index (κ2) is 5.40. The van der Waals surface area contributed by atoms with E-state index in [4.69, 9.17) is 0 Å². The van der Waals surface area contributed by atoms with E-state index < -0.39 is 15.9 Å². The van der Waals surface area contributed by atoms with Gasteiger partial charge in [0.1, 0.15) is 0 Å². The number of benzene rings is 1. The number of thiazole rings is 1. The van der Waals surface area contributed by atoms with Crippen LogP contribution in [0.2, 0.25) is 0 Å². The molecule has 1 N–H and O–H groups in total. The van der Waals surface area contributed by atoms with E-state index in [1.165, 1.54) is 23.5 Å². The summed E-state index contributed by atoms with van der Waals surface area (Å²) >= 11 is 1.51. The zero-order chi connectivity index (χ0) is 14.0. The lowest BCUT2D eigenvalue weighted by Crippen LogP contribution is -2.03. The summed E-state index contributed by atoms with van der Waals surface area (Å²) in [6, 6.07) is 6.31. The van der Waals surface area contributed by atoms with Crippen LogP contribution >= 0.6 is 11.3 Å². The van der Waals surface area contributed by atoms with Gasteiger partial charge in [-0.05, 0) is 24.6 Å². The second-order valence-electron chi connectivity index (χ2n) is 4.44. The quantitative estimate of drug-likeness (QED) is 0.939. The van der Waals surface area contributed by atoms with E-state index in [9.17, 15) is 13.5 Å². The van der Waals surface area contributed by atoms with Gasteiger partial charge in [0.05, 0.1) is 16.0 Å². The Morgan fingerprint density at radius 2 is 1.95 bits per heavy atom. The zero-order valence-corrected chi connectivity index (χ0v) is 12.3. The minimum atomic E-state index is -3.19. The van der Waals surface area contributed by atoms with Crippen LogP contribution < -0.4 is 0 Å². The molecule has 1 atom stereocenters. The number of aryl methyl sites for hydroxylation is 1. The van der Waals surface area contributed by atoms with Gasteiger partial charge in [-0.2, -0.15) is 0 Å². The first-order chi connectivity index (χ1) is 8.86. The molecule has 1 unspecified atom stereocenters. The average Bonchev–Trinajstić information content (AvgIpc) is 2.74. The van der Waals surface area contributed by atoms with E-state index in [2.05, 4.69) is 4.98 Å². The highest BCUT2D eigenvalue weighted by molar-refractivity contribution is 7.90. The van der Waals surface area contributed by atoms with Crippen molar-refractivity contribution in [2.24, 2.45) is 0 Å². The number of hydrogen-bond acceptors (Lipinski definition) is 5. The van der Waals surface area contributed by atoms with E-state index in [1.807, 2.05) is 12.3 Å². The molecule has 102 valence electrons. The van der Waals surface area contributed by atoms with Gasteiger partial charge in [0.25, 0.3) is 0 Å². The van der Waals surface area contributed by atoms with Crippen molar-refractivity contribution in [2.75, 3.05) is 6.26 Å². The molecule has 1 aromatic carbocycles. The first-order valence-electron chi connectivity index (χ1n) is 5.75. The topological polar surface area (TPSA) is 67.3 Å². The molecule has 1 aromatic heterocycles. The number of aromatic nitrogens is 1. The molecule has 2 aromatic rings. The molecule has 0 amide bonds. The van der Waals surface area contributed by atoms with Gasteiger partial charge in [-0.15, -0.1) is 11.3 Å². The Labute approximate surface area is 116 Å². The number of hydrogen-bond donors (Lipinski definition) is 1. The van der Waals surface area contributed by atoms with Crippen molar-refractivity contribution in [3.8, 4) is 0 Å². The fourth-order valence-electron chi connectivity index (χ4n) is 1.72. The van der Waals surface area contributed by atoms with Crippen LogP contribution in [0.3, 0.4) is 0 Å². The normalized spacial score (nSPS) is 13.4. The molecule has 1 heterocycles. The Bertz CT molecular complexity index is 659. The summed E-state index contributed by atoms with van der Waals surface area (Å²) in [5.41, 5.74) is 1.64. The molecule has 4 nitrogen and oxygen atoms in total. The monoisotopic (exact) mass is 297 g/mol. The fraction of sp³-hybridized carbons (Fsp3) is 0.308. The molecule has 0 saturated carbocycles. The van der Waals surface area contributed by atoms with Crippen molar-refractivity contribution < 1.29 is 13.5 Å². The molecule has 0 spiro atoms. The molecular formula is C13H15NO3S2. The molecule has 6 heteroatoms. The third kappa shape index (κ3) is 3.62. The van der Waals surface area contributed by atoms with Crippen molar-refractivity contribution in [3.05, 3.63) is 45.9 Å². The van der Waals surface area contributed by atoms with Crippen molar-refractivity contribution in [1.82, 2.24) is 4.98 Å². The Hall–Kier alpha value is -1.24. The van der Waals surface area contributed by atoms with Crippen LogP contribution in [0, 0.1) is 6.92 Å². The lowest BCUT2D eigenvalue weighted by Gasteiger charge is -2.09. The molecule has 0 fully saturated rings. The molecule has 0 bridgehead atoms. The van der Waals surface area contributed by atoms with E-state index in [0.717, 1.165) is 17.0 Å². The number of aliphatic hydroxyl groups is 1. The van der Waals surface area contributed by atoms with Gasteiger partial charge >= 0.3 is 0 Å². The Morgan fingerprint density at radius 3 is 2.42 bits per heavy atom. The highest BCUT2D eigenvalue weighted by Gasteiger charge is 2.13. The Balaban J connectivity index is 2.14. The van der Waals surface area contributed by atoms with E-state index >= 15 is 0 Å². The maximum Gasteiger partial charge on any atom is 0.175 e. The summed E-state index contributed by atoms with van der Waals surface area (Å²) in [5.74, 6) is 0. The summed E-state index contributed by atoms with van der Waals surface area (Å²) < 4.78 is 22.7. The van der Waals surface area contributed by atoms with Crippen LogP contribution in [0.1, 0.15) is 22.4 Å². The minimum Gasteiger partial charge on any atom is -0.388 e. The molecule has 0 aliphatic rings. The summed E-state index contributed by atoms with van der Waals surface area (Å²) in [7, 11) is -3.19. The van der Waals surface area contributed by atoms with Crippen molar-refractivity contribution in [2.45, 2.75) is 24.3 Å². The smallest absolute Gasteiger partial charge is 0.175 e. The van der Waals surface area contributed by atoms with Crippen molar-refractivity contribution >= 4 is 21.2 Å². The fourth-order valence-corrected chi connectivity index (χ4v) is 3.16. The maximum absolute atomic E-state index is 11.3. The molecule has 0 saturated heterocycles. The summed E-state index contributed by atoms with van der Waals surface area (Å²) in [6.07, 6.45) is 0.937. The van der Waals surface area contributed by atoms with Crippen molar-refractivity contribution in [1.29, 1.82) is 0 Å².